The van der Waals surface area contributed by atoms with Crippen LogP contribution in [0.15, 0.2) is 24.7 Å². The van der Waals surface area contributed by atoms with Gasteiger partial charge in [0.2, 0.25) is 0 Å². The van der Waals surface area contributed by atoms with Crippen molar-refractivity contribution in [2.24, 2.45) is 0 Å². The van der Waals surface area contributed by atoms with Crippen LogP contribution in [0.3, 0.4) is 0 Å². The zero-order valence-electron chi connectivity index (χ0n) is 13.8. The molecule has 2 aromatic heterocycles. The van der Waals surface area contributed by atoms with Crippen molar-refractivity contribution < 1.29 is 9.13 Å². The maximum Gasteiger partial charge on any atom is 0.145 e. The van der Waals surface area contributed by atoms with Crippen molar-refractivity contribution in [2.45, 2.75) is 38.3 Å². The highest BCUT2D eigenvalue weighted by Gasteiger charge is 2.42. The number of nitrogens with zero attached hydrogens (tertiary/aromatic N) is 4. The number of halogens is 1. The summed E-state index contributed by atoms with van der Waals surface area (Å²) in [6.45, 7) is 4.98. The molecule has 126 valence electrons. The second-order valence-electron chi connectivity index (χ2n) is 6.63. The summed E-state index contributed by atoms with van der Waals surface area (Å²) in [5.41, 5.74) is 2.68. The lowest BCUT2D eigenvalue weighted by molar-refractivity contribution is -0.102. The van der Waals surface area contributed by atoms with Gasteiger partial charge in [-0.05, 0) is 37.8 Å². The molecule has 2 aliphatic heterocycles. The lowest BCUT2D eigenvalue weighted by Gasteiger charge is -2.44. The summed E-state index contributed by atoms with van der Waals surface area (Å²) in [5.74, 6) is 0.556. The smallest absolute Gasteiger partial charge is 0.145 e. The number of piperidine rings is 1. The fraction of sp³-hybridized carbons (Fsp3) is 0.500. The highest BCUT2D eigenvalue weighted by Crippen LogP contribution is 2.40. The molecule has 1 spiro atoms. The molecule has 0 aliphatic carbocycles. The fourth-order valence-electron chi connectivity index (χ4n) is 3.72. The second-order valence-corrected chi connectivity index (χ2v) is 6.63. The SMILES string of the molecule is Cc1ncc2c(n1)C1(CCN(Cc3ccncc3F)CC1)OCC2. The molecule has 0 N–H and O–H groups in total. The summed E-state index contributed by atoms with van der Waals surface area (Å²) in [4.78, 5) is 15.1. The van der Waals surface area contributed by atoms with Gasteiger partial charge in [0.25, 0.3) is 0 Å². The van der Waals surface area contributed by atoms with E-state index < -0.39 is 0 Å². The van der Waals surface area contributed by atoms with E-state index >= 15 is 0 Å². The monoisotopic (exact) mass is 328 g/mol. The minimum atomic E-state index is -0.297. The predicted octanol–water partition coefficient (Wildman–Crippen LogP) is 2.38. The molecular weight excluding hydrogens is 307 g/mol. The van der Waals surface area contributed by atoms with Gasteiger partial charge in [0.05, 0.1) is 18.5 Å². The van der Waals surface area contributed by atoms with Crippen molar-refractivity contribution in [1.82, 2.24) is 19.9 Å². The Kier molecular flexibility index (Phi) is 4.02. The molecule has 6 heteroatoms. The number of likely N-dealkylation sites (tertiary alicyclic amines) is 1. The first-order valence-corrected chi connectivity index (χ1v) is 8.44. The zero-order chi connectivity index (χ0) is 16.6. The van der Waals surface area contributed by atoms with E-state index in [9.17, 15) is 4.39 Å². The molecular formula is C18H21FN4O. The lowest BCUT2D eigenvalue weighted by Crippen LogP contribution is -2.47. The number of aryl methyl sites for hydroxylation is 1. The van der Waals surface area contributed by atoms with Crippen molar-refractivity contribution in [3.8, 4) is 0 Å². The van der Waals surface area contributed by atoms with E-state index in [1.165, 1.54) is 11.8 Å². The van der Waals surface area contributed by atoms with E-state index in [2.05, 4.69) is 14.9 Å². The van der Waals surface area contributed by atoms with Crippen LogP contribution in [0.4, 0.5) is 4.39 Å². The Balaban J connectivity index is 1.51. The summed E-state index contributed by atoms with van der Waals surface area (Å²) in [7, 11) is 0. The van der Waals surface area contributed by atoms with E-state index in [-0.39, 0.29) is 11.4 Å². The molecule has 1 fully saturated rings. The van der Waals surface area contributed by atoms with E-state index in [4.69, 9.17) is 9.72 Å². The summed E-state index contributed by atoms with van der Waals surface area (Å²) in [6.07, 6.45) is 7.50. The van der Waals surface area contributed by atoms with Crippen LogP contribution >= 0.6 is 0 Å². The molecule has 0 amide bonds. The lowest BCUT2D eigenvalue weighted by atomic mass is 9.83. The Labute approximate surface area is 140 Å². The average molecular weight is 328 g/mol. The predicted molar refractivity (Wildman–Crippen MR) is 86.8 cm³/mol. The molecule has 0 radical (unpaired) electrons. The first-order valence-electron chi connectivity index (χ1n) is 8.44. The second kappa shape index (κ2) is 6.18. The van der Waals surface area contributed by atoms with E-state index in [0.717, 1.165) is 50.5 Å². The van der Waals surface area contributed by atoms with Gasteiger partial charge in [-0.15, -0.1) is 0 Å². The summed E-state index contributed by atoms with van der Waals surface area (Å²) in [6, 6.07) is 1.75. The molecule has 4 rings (SSSR count). The molecule has 5 nitrogen and oxygen atoms in total. The quantitative estimate of drug-likeness (QED) is 0.847. The van der Waals surface area contributed by atoms with Gasteiger partial charge in [-0.25, -0.2) is 14.4 Å². The van der Waals surface area contributed by atoms with Crippen molar-refractivity contribution in [3.63, 3.8) is 0 Å². The molecule has 0 unspecified atom stereocenters. The molecule has 0 aromatic carbocycles. The van der Waals surface area contributed by atoms with Gasteiger partial charge in [0.15, 0.2) is 0 Å². The number of rotatable bonds is 2. The van der Waals surface area contributed by atoms with Crippen LogP contribution in [0.2, 0.25) is 0 Å². The van der Waals surface area contributed by atoms with Gasteiger partial charge in [-0.3, -0.25) is 9.88 Å². The molecule has 4 heterocycles. The Morgan fingerprint density at radius 2 is 2.12 bits per heavy atom. The van der Waals surface area contributed by atoms with Gasteiger partial charge in [0, 0.05) is 37.6 Å². The average Bonchev–Trinajstić information content (AvgIpc) is 2.60. The number of hydrogen-bond acceptors (Lipinski definition) is 5. The summed E-state index contributed by atoms with van der Waals surface area (Å²) in [5, 5.41) is 0. The summed E-state index contributed by atoms with van der Waals surface area (Å²) < 4.78 is 20.0. The Morgan fingerprint density at radius 1 is 1.29 bits per heavy atom. The minimum absolute atomic E-state index is 0.236. The topological polar surface area (TPSA) is 51.1 Å². The fourth-order valence-corrected chi connectivity index (χ4v) is 3.72. The normalized spacial score (nSPS) is 20.1. The Morgan fingerprint density at radius 3 is 2.92 bits per heavy atom. The molecule has 0 atom stereocenters. The molecule has 2 aliphatic rings. The van der Waals surface area contributed by atoms with Crippen LogP contribution in [-0.2, 0) is 23.3 Å². The van der Waals surface area contributed by atoms with Crippen LogP contribution in [-0.4, -0.2) is 39.5 Å². The van der Waals surface area contributed by atoms with Crippen molar-refractivity contribution >= 4 is 0 Å². The maximum absolute atomic E-state index is 13.8. The third kappa shape index (κ3) is 2.80. The standard InChI is InChI=1S/C18H21FN4O/c1-13-21-10-14-3-9-24-18(17(14)22-13)4-7-23(8-5-18)12-15-2-6-20-11-16(15)19/h2,6,10-11H,3-5,7-9,12H2,1H3. The van der Waals surface area contributed by atoms with Gasteiger partial charge in [-0.1, -0.05) is 0 Å². The number of fused-ring (bicyclic) bond motifs is 2. The van der Waals surface area contributed by atoms with Crippen LogP contribution in [0.25, 0.3) is 0 Å². The molecule has 1 saturated heterocycles. The largest absolute Gasteiger partial charge is 0.368 e. The third-order valence-corrected chi connectivity index (χ3v) is 5.08. The zero-order valence-corrected chi connectivity index (χ0v) is 13.8. The minimum Gasteiger partial charge on any atom is -0.368 e. The van der Waals surface area contributed by atoms with Gasteiger partial charge in [0.1, 0.15) is 17.2 Å². The van der Waals surface area contributed by atoms with E-state index in [1.807, 2.05) is 13.1 Å². The third-order valence-electron chi connectivity index (χ3n) is 5.08. The Bertz CT molecular complexity index is 744. The number of ether oxygens (including phenoxy) is 1. The van der Waals surface area contributed by atoms with E-state index in [0.29, 0.717) is 12.1 Å². The summed E-state index contributed by atoms with van der Waals surface area (Å²) >= 11 is 0. The molecule has 0 saturated carbocycles. The molecule has 24 heavy (non-hydrogen) atoms. The maximum atomic E-state index is 13.8. The van der Waals surface area contributed by atoms with Crippen LogP contribution in [0.1, 0.15) is 35.5 Å². The van der Waals surface area contributed by atoms with Gasteiger partial charge in [-0.2, -0.15) is 0 Å². The van der Waals surface area contributed by atoms with Crippen molar-refractivity contribution in [3.05, 3.63) is 53.1 Å². The number of pyridine rings is 1. The van der Waals surface area contributed by atoms with Crippen LogP contribution in [0, 0.1) is 12.7 Å². The van der Waals surface area contributed by atoms with Crippen molar-refractivity contribution in [1.29, 1.82) is 0 Å². The highest BCUT2D eigenvalue weighted by atomic mass is 19.1. The van der Waals surface area contributed by atoms with Crippen LogP contribution < -0.4 is 0 Å². The first kappa shape index (κ1) is 15.6. The molecule has 2 aromatic rings. The Hall–Kier alpha value is -1.92. The van der Waals surface area contributed by atoms with Gasteiger partial charge < -0.3 is 4.74 Å². The highest BCUT2D eigenvalue weighted by molar-refractivity contribution is 5.27. The molecule has 0 bridgehead atoms. The first-order chi connectivity index (χ1) is 11.7. The number of hydrogen-bond donors (Lipinski definition) is 0. The van der Waals surface area contributed by atoms with Crippen molar-refractivity contribution in [2.75, 3.05) is 19.7 Å². The van der Waals surface area contributed by atoms with Crippen LogP contribution in [0.5, 0.6) is 0 Å². The number of aromatic nitrogens is 3. The van der Waals surface area contributed by atoms with E-state index in [1.54, 1.807) is 12.3 Å². The van der Waals surface area contributed by atoms with Gasteiger partial charge >= 0.3 is 0 Å².